The van der Waals surface area contributed by atoms with Crippen LogP contribution in [0.15, 0.2) is 24.3 Å². The molecule has 0 saturated carbocycles. The van der Waals surface area contributed by atoms with Gasteiger partial charge in [0.15, 0.2) is 0 Å². The van der Waals surface area contributed by atoms with Crippen LogP contribution in [-0.4, -0.2) is 32.8 Å². The Hall–Kier alpha value is -1.14. The van der Waals surface area contributed by atoms with Crippen LogP contribution in [0.25, 0.3) is 0 Å². The predicted octanol–water partition coefficient (Wildman–Crippen LogP) is 4.63. The van der Waals surface area contributed by atoms with Crippen molar-refractivity contribution >= 4 is 46.7 Å². The van der Waals surface area contributed by atoms with E-state index in [0.29, 0.717) is 22.9 Å². The molecule has 0 aliphatic carbocycles. The van der Waals surface area contributed by atoms with E-state index in [1.807, 2.05) is 18.2 Å². The van der Waals surface area contributed by atoms with E-state index in [4.69, 9.17) is 0 Å². The monoisotopic (exact) mass is 368 g/mol. The zero-order valence-electron chi connectivity index (χ0n) is 15.4. The van der Waals surface area contributed by atoms with E-state index in [1.165, 1.54) is 0 Å². The van der Waals surface area contributed by atoms with Crippen molar-refractivity contribution in [3.63, 3.8) is 0 Å². The van der Waals surface area contributed by atoms with Crippen LogP contribution in [0.2, 0.25) is 0 Å². The maximum atomic E-state index is 12.0. The summed E-state index contributed by atoms with van der Waals surface area (Å²) in [5, 5.41) is 5.74. The van der Waals surface area contributed by atoms with Crippen molar-refractivity contribution in [3.8, 4) is 0 Å². The first-order valence-electron chi connectivity index (χ1n) is 7.92. The van der Waals surface area contributed by atoms with Crippen LogP contribution < -0.4 is 10.6 Å². The van der Waals surface area contributed by atoms with Crippen molar-refractivity contribution < 1.29 is 9.59 Å². The van der Waals surface area contributed by atoms with Crippen molar-refractivity contribution in [2.24, 2.45) is 0 Å². The number of thioether (sulfide) groups is 2. The molecule has 1 rings (SSSR count). The molecule has 0 spiro atoms. The number of anilines is 2. The molecular weight excluding hydrogens is 340 g/mol. The highest BCUT2D eigenvalue weighted by Crippen LogP contribution is 2.24. The molecular formula is C18H28N2O2S2. The molecule has 0 bridgehead atoms. The third-order valence-corrected chi connectivity index (χ3v) is 5.25. The molecule has 2 N–H and O–H groups in total. The average molecular weight is 369 g/mol. The number of amides is 2. The second-order valence-corrected chi connectivity index (χ2v) is 11.1. The second kappa shape index (κ2) is 8.81. The molecule has 1 aromatic carbocycles. The second-order valence-electron chi connectivity index (χ2n) is 7.48. The molecule has 1 aromatic rings. The van der Waals surface area contributed by atoms with Gasteiger partial charge in [-0.15, -0.1) is 23.5 Å². The summed E-state index contributed by atoms with van der Waals surface area (Å²) in [6.45, 7) is 12.5. The third kappa shape index (κ3) is 9.88. The Labute approximate surface area is 153 Å². The topological polar surface area (TPSA) is 58.2 Å². The van der Waals surface area contributed by atoms with Crippen molar-refractivity contribution in [3.05, 3.63) is 24.3 Å². The van der Waals surface area contributed by atoms with Crippen LogP contribution in [-0.2, 0) is 9.59 Å². The SMILES string of the molecule is CC(C)(C)SCC(=O)Nc1cccc(NC(=O)CSC(C)(C)C)c1. The Morgan fingerprint density at radius 3 is 1.54 bits per heavy atom. The molecule has 0 heterocycles. The maximum absolute atomic E-state index is 12.0. The lowest BCUT2D eigenvalue weighted by molar-refractivity contribution is -0.114. The summed E-state index contributed by atoms with van der Waals surface area (Å²) < 4.78 is 0.107. The first-order valence-corrected chi connectivity index (χ1v) is 9.89. The molecule has 2 amide bonds. The number of rotatable bonds is 6. The van der Waals surface area contributed by atoms with Gasteiger partial charge in [0, 0.05) is 20.9 Å². The Bertz CT molecular complexity index is 528. The first kappa shape index (κ1) is 20.9. The summed E-state index contributed by atoms with van der Waals surface area (Å²) in [7, 11) is 0. The minimum Gasteiger partial charge on any atom is -0.325 e. The highest BCUT2D eigenvalue weighted by molar-refractivity contribution is 8.01. The van der Waals surface area contributed by atoms with Gasteiger partial charge in [0.25, 0.3) is 0 Å². The Morgan fingerprint density at radius 2 is 1.21 bits per heavy atom. The molecule has 0 fully saturated rings. The van der Waals surface area contributed by atoms with Gasteiger partial charge in [-0.2, -0.15) is 0 Å². The highest BCUT2D eigenvalue weighted by atomic mass is 32.2. The van der Waals surface area contributed by atoms with Crippen molar-refractivity contribution in [2.45, 2.75) is 51.0 Å². The smallest absolute Gasteiger partial charge is 0.234 e. The number of benzene rings is 1. The number of nitrogens with one attached hydrogen (secondary N) is 2. The van der Waals surface area contributed by atoms with E-state index in [2.05, 4.69) is 52.2 Å². The van der Waals surface area contributed by atoms with Gasteiger partial charge in [-0.3, -0.25) is 9.59 Å². The first-order chi connectivity index (χ1) is 10.9. The number of hydrogen-bond acceptors (Lipinski definition) is 4. The van der Waals surface area contributed by atoms with Crippen molar-refractivity contribution in [1.82, 2.24) is 0 Å². The van der Waals surface area contributed by atoms with Crippen molar-refractivity contribution in [2.75, 3.05) is 22.1 Å². The number of hydrogen-bond donors (Lipinski definition) is 2. The zero-order valence-corrected chi connectivity index (χ0v) is 17.0. The van der Waals surface area contributed by atoms with Gasteiger partial charge in [0.1, 0.15) is 0 Å². The van der Waals surface area contributed by atoms with Crippen LogP contribution in [0.1, 0.15) is 41.5 Å². The molecule has 4 nitrogen and oxygen atoms in total. The average Bonchev–Trinajstić information content (AvgIpc) is 2.42. The van der Waals surface area contributed by atoms with Gasteiger partial charge in [-0.1, -0.05) is 47.6 Å². The summed E-state index contributed by atoms with van der Waals surface area (Å²) in [4.78, 5) is 24.0. The lowest BCUT2D eigenvalue weighted by Gasteiger charge is -2.17. The van der Waals surface area contributed by atoms with Crippen LogP contribution in [0.5, 0.6) is 0 Å². The van der Waals surface area contributed by atoms with Gasteiger partial charge >= 0.3 is 0 Å². The fraction of sp³-hybridized carbons (Fsp3) is 0.556. The summed E-state index contributed by atoms with van der Waals surface area (Å²) in [6, 6.07) is 7.23. The quantitative estimate of drug-likeness (QED) is 0.769. The van der Waals surface area contributed by atoms with E-state index < -0.39 is 0 Å². The van der Waals surface area contributed by atoms with Crippen LogP contribution in [0.3, 0.4) is 0 Å². The fourth-order valence-electron chi connectivity index (χ4n) is 1.63. The standard InChI is InChI=1S/C18H28N2O2S2/c1-17(2,3)23-11-15(21)19-13-8-7-9-14(10-13)20-16(22)12-24-18(4,5)6/h7-10H,11-12H2,1-6H3,(H,19,21)(H,20,22). The molecule has 0 aliphatic heterocycles. The Kier molecular flexibility index (Phi) is 7.67. The predicted molar refractivity (Wildman–Crippen MR) is 108 cm³/mol. The van der Waals surface area contributed by atoms with Gasteiger partial charge in [-0.25, -0.2) is 0 Å². The van der Waals surface area contributed by atoms with Gasteiger partial charge in [0.05, 0.1) is 11.5 Å². The summed E-state index contributed by atoms with van der Waals surface area (Å²) in [6.07, 6.45) is 0. The molecule has 0 radical (unpaired) electrons. The van der Waals surface area contributed by atoms with Gasteiger partial charge in [-0.05, 0) is 18.2 Å². The van der Waals surface area contributed by atoms with E-state index in [0.717, 1.165) is 0 Å². The molecule has 0 unspecified atom stereocenters. The normalized spacial score (nSPS) is 11.9. The highest BCUT2D eigenvalue weighted by Gasteiger charge is 2.15. The largest absolute Gasteiger partial charge is 0.325 e. The molecule has 0 saturated heterocycles. The number of carbonyl (C=O) groups excluding carboxylic acids is 2. The Morgan fingerprint density at radius 1 is 0.833 bits per heavy atom. The zero-order chi connectivity index (χ0) is 18.4. The summed E-state index contributed by atoms with van der Waals surface area (Å²) >= 11 is 3.20. The van der Waals surface area contributed by atoms with Crippen LogP contribution in [0.4, 0.5) is 11.4 Å². The Balaban J connectivity index is 2.54. The molecule has 24 heavy (non-hydrogen) atoms. The summed E-state index contributed by atoms with van der Waals surface area (Å²) in [5.41, 5.74) is 1.38. The van der Waals surface area contributed by atoms with Gasteiger partial charge in [0.2, 0.25) is 11.8 Å². The fourth-order valence-corrected chi connectivity index (χ4v) is 2.91. The van der Waals surface area contributed by atoms with E-state index in [-0.39, 0.29) is 21.3 Å². The van der Waals surface area contributed by atoms with Crippen molar-refractivity contribution in [1.29, 1.82) is 0 Å². The molecule has 0 aromatic heterocycles. The van der Waals surface area contributed by atoms with E-state index >= 15 is 0 Å². The molecule has 0 aliphatic rings. The third-order valence-electron chi connectivity index (χ3n) is 2.70. The van der Waals surface area contributed by atoms with E-state index in [1.54, 1.807) is 29.6 Å². The summed E-state index contributed by atoms with van der Waals surface area (Å²) in [5.74, 6) is 0.730. The van der Waals surface area contributed by atoms with Gasteiger partial charge < -0.3 is 10.6 Å². The molecule has 134 valence electrons. The minimum atomic E-state index is -0.0401. The van der Waals surface area contributed by atoms with Crippen LogP contribution >= 0.6 is 23.5 Å². The molecule has 0 atom stereocenters. The number of carbonyl (C=O) groups is 2. The minimum absolute atomic E-state index is 0.0401. The lowest BCUT2D eigenvalue weighted by atomic mass is 10.2. The molecule has 6 heteroatoms. The lowest BCUT2D eigenvalue weighted by Crippen LogP contribution is -2.20. The van der Waals surface area contributed by atoms with E-state index in [9.17, 15) is 9.59 Å². The maximum Gasteiger partial charge on any atom is 0.234 e. The van der Waals surface area contributed by atoms with Crippen LogP contribution in [0, 0.1) is 0 Å².